The lowest BCUT2D eigenvalue weighted by Gasteiger charge is -2.19. The van der Waals surface area contributed by atoms with Crippen molar-refractivity contribution in [1.29, 1.82) is 0 Å². The van der Waals surface area contributed by atoms with E-state index in [4.69, 9.17) is 28.2 Å². The molecule has 2 aromatic carbocycles. The predicted octanol–water partition coefficient (Wildman–Crippen LogP) is 7.50. The average Bonchev–Trinajstić information content (AvgIpc) is 3.41. The van der Waals surface area contributed by atoms with Crippen molar-refractivity contribution >= 4 is 52.1 Å². The second-order valence-electron chi connectivity index (χ2n) is 9.32. The molecule has 5 nitrogen and oxygen atoms in total. The van der Waals surface area contributed by atoms with Crippen LogP contribution >= 0.6 is 23.2 Å². The van der Waals surface area contributed by atoms with Crippen LogP contribution in [0.15, 0.2) is 88.5 Å². The second-order valence-corrected chi connectivity index (χ2v) is 10.1. The molecule has 0 saturated carbocycles. The molecule has 1 aliphatic heterocycles. The standard InChI is InChI=1S/C30H29Cl2N3O2/c1-18-15-19(2)28(33-21(4)23-9-12-26(31)27(32)17-23)25(16-18)20(3)29(36)34-24-10-7-22(8-11-24)30(37)35-13-5-6-14-35/h7-12,15-17H,4-6,13-14H2,1-3H3,(H,34,36)/b25-20+,33-28?. The van der Waals surface area contributed by atoms with Crippen molar-refractivity contribution in [3.63, 3.8) is 0 Å². The zero-order valence-corrected chi connectivity index (χ0v) is 22.7. The summed E-state index contributed by atoms with van der Waals surface area (Å²) in [6.07, 6.45) is 6.05. The highest BCUT2D eigenvalue weighted by Gasteiger charge is 2.21. The lowest BCUT2D eigenvalue weighted by molar-refractivity contribution is -0.112. The zero-order valence-electron chi connectivity index (χ0n) is 21.2. The highest BCUT2D eigenvalue weighted by molar-refractivity contribution is 6.42. The van der Waals surface area contributed by atoms with Crippen LogP contribution in [-0.4, -0.2) is 35.5 Å². The van der Waals surface area contributed by atoms with E-state index in [1.807, 2.05) is 37.0 Å². The molecule has 2 aliphatic rings. The first-order chi connectivity index (χ1) is 17.6. The molecule has 0 atom stereocenters. The Labute approximate surface area is 227 Å². The number of allylic oxidation sites excluding steroid dienone is 5. The highest BCUT2D eigenvalue weighted by Crippen LogP contribution is 2.29. The Hall–Kier alpha value is -3.41. The van der Waals surface area contributed by atoms with Gasteiger partial charge >= 0.3 is 0 Å². The fourth-order valence-electron chi connectivity index (χ4n) is 4.42. The summed E-state index contributed by atoms with van der Waals surface area (Å²) in [7, 11) is 0. The number of nitrogens with zero attached hydrogens (tertiary/aromatic N) is 2. The largest absolute Gasteiger partial charge is 0.339 e. The molecule has 0 unspecified atom stereocenters. The van der Waals surface area contributed by atoms with E-state index in [0.29, 0.717) is 38.3 Å². The fourth-order valence-corrected chi connectivity index (χ4v) is 4.71. The molecular weight excluding hydrogens is 505 g/mol. The molecule has 0 bridgehead atoms. The summed E-state index contributed by atoms with van der Waals surface area (Å²) in [5.41, 5.74) is 6.34. The Morgan fingerprint density at radius 3 is 2.24 bits per heavy atom. The minimum Gasteiger partial charge on any atom is -0.339 e. The van der Waals surface area contributed by atoms with Crippen molar-refractivity contribution in [3.05, 3.63) is 105 Å². The molecule has 2 amide bonds. The van der Waals surface area contributed by atoms with E-state index < -0.39 is 0 Å². The maximum atomic E-state index is 13.2. The number of anilines is 1. The van der Waals surface area contributed by atoms with Crippen molar-refractivity contribution in [3.8, 4) is 0 Å². The van der Waals surface area contributed by atoms with Crippen LogP contribution in [0.1, 0.15) is 49.5 Å². The van der Waals surface area contributed by atoms with Crippen molar-refractivity contribution in [2.45, 2.75) is 33.6 Å². The maximum Gasteiger partial charge on any atom is 0.253 e. The molecule has 4 rings (SSSR count). The lowest BCUT2D eigenvalue weighted by Crippen LogP contribution is -2.27. The Kier molecular flexibility index (Phi) is 8.16. The fraction of sp³-hybridized carbons (Fsp3) is 0.233. The lowest BCUT2D eigenvalue weighted by atomic mass is 9.90. The summed E-state index contributed by atoms with van der Waals surface area (Å²) >= 11 is 12.2. The SMILES string of the molecule is C=C(N=C1C(C)=CC(C)=C/C1=C(/C)C(=O)Nc1ccc(C(=O)N2CCCC2)cc1)c1ccc(Cl)c(Cl)c1. The number of rotatable bonds is 5. The third-order valence-electron chi connectivity index (χ3n) is 6.47. The van der Waals surface area contributed by atoms with Gasteiger partial charge in [0.1, 0.15) is 0 Å². The van der Waals surface area contributed by atoms with E-state index in [1.165, 1.54) is 0 Å². The van der Waals surface area contributed by atoms with Crippen molar-refractivity contribution in [2.24, 2.45) is 4.99 Å². The van der Waals surface area contributed by atoms with Gasteiger partial charge in [0.2, 0.25) is 0 Å². The Balaban J connectivity index is 1.58. The van der Waals surface area contributed by atoms with Gasteiger partial charge in [0, 0.05) is 41.1 Å². The van der Waals surface area contributed by atoms with Gasteiger partial charge in [-0.05, 0) is 81.7 Å². The molecule has 190 valence electrons. The minimum absolute atomic E-state index is 0.0295. The number of amides is 2. The summed E-state index contributed by atoms with van der Waals surface area (Å²) in [4.78, 5) is 32.5. The molecule has 7 heteroatoms. The third-order valence-corrected chi connectivity index (χ3v) is 7.21. The van der Waals surface area contributed by atoms with Crippen LogP contribution in [-0.2, 0) is 4.79 Å². The van der Waals surface area contributed by atoms with E-state index in [9.17, 15) is 9.59 Å². The van der Waals surface area contributed by atoms with Crippen molar-refractivity contribution in [1.82, 2.24) is 4.90 Å². The van der Waals surface area contributed by atoms with Crippen LogP contribution in [0.25, 0.3) is 5.70 Å². The number of likely N-dealkylation sites (tertiary alicyclic amines) is 1. The third kappa shape index (κ3) is 6.12. The van der Waals surface area contributed by atoms with Crippen molar-refractivity contribution < 1.29 is 9.59 Å². The number of carbonyl (C=O) groups excluding carboxylic acids is 2. The van der Waals surface area contributed by atoms with Gasteiger partial charge in [0.05, 0.1) is 21.5 Å². The maximum absolute atomic E-state index is 13.2. The molecule has 1 fully saturated rings. The summed E-state index contributed by atoms with van der Waals surface area (Å²) < 4.78 is 0. The number of halogens is 2. The number of carbonyl (C=O) groups is 2. The van der Waals surface area contributed by atoms with Gasteiger partial charge in [0.15, 0.2) is 0 Å². The van der Waals surface area contributed by atoms with Crippen LogP contribution < -0.4 is 5.32 Å². The van der Waals surface area contributed by atoms with Crippen LogP contribution in [0.3, 0.4) is 0 Å². The summed E-state index contributed by atoms with van der Waals surface area (Å²) in [6, 6.07) is 12.3. The van der Waals surface area contributed by atoms with Gasteiger partial charge in [-0.3, -0.25) is 9.59 Å². The smallest absolute Gasteiger partial charge is 0.253 e. The number of hydrogen-bond acceptors (Lipinski definition) is 3. The quantitative estimate of drug-likeness (QED) is 0.404. The Morgan fingerprint density at radius 2 is 1.59 bits per heavy atom. The van der Waals surface area contributed by atoms with Gasteiger partial charge in [-0.1, -0.05) is 47.5 Å². The molecular formula is C30H29Cl2N3O2. The number of nitrogens with one attached hydrogen (secondary N) is 1. The topological polar surface area (TPSA) is 61.8 Å². The van der Waals surface area contributed by atoms with E-state index in [-0.39, 0.29) is 11.8 Å². The van der Waals surface area contributed by atoms with E-state index in [1.54, 1.807) is 43.3 Å². The molecule has 1 saturated heterocycles. The van der Waals surface area contributed by atoms with Gasteiger partial charge in [-0.25, -0.2) is 4.99 Å². The minimum atomic E-state index is -0.250. The Morgan fingerprint density at radius 1 is 0.946 bits per heavy atom. The van der Waals surface area contributed by atoms with E-state index >= 15 is 0 Å². The molecule has 0 spiro atoms. The average molecular weight is 534 g/mol. The van der Waals surface area contributed by atoms with Gasteiger partial charge in [-0.2, -0.15) is 0 Å². The molecule has 1 N–H and O–H groups in total. The van der Waals surface area contributed by atoms with E-state index in [0.717, 1.165) is 48.2 Å². The Bertz CT molecular complexity index is 1390. The van der Waals surface area contributed by atoms with Gasteiger partial charge in [-0.15, -0.1) is 0 Å². The zero-order chi connectivity index (χ0) is 26.7. The molecule has 37 heavy (non-hydrogen) atoms. The molecule has 1 aliphatic carbocycles. The van der Waals surface area contributed by atoms with Crippen LogP contribution in [0.5, 0.6) is 0 Å². The first-order valence-electron chi connectivity index (χ1n) is 12.2. The van der Waals surface area contributed by atoms with Gasteiger partial charge in [0.25, 0.3) is 11.8 Å². The van der Waals surface area contributed by atoms with Crippen LogP contribution in [0.4, 0.5) is 5.69 Å². The van der Waals surface area contributed by atoms with Crippen LogP contribution in [0, 0.1) is 0 Å². The van der Waals surface area contributed by atoms with Gasteiger partial charge < -0.3 is 10.2 Å². The summed E-state index contributed by atoms with van der Waals surface area (Å²) in [6.45, 7) is 11.4. The van der Waals surface area contributed by atoms with Crippen molar-refractivity contribution in [2.75, 3.05) is 18.4 Å². The molecule has 2 aromatic rings. The molecule has 0 aromatic heterocycles. The number of benzene rings is 2. The monoisotopic (exact) mass is 533 g/mol. The number of aliphatic imine (C=N–C) groups is 1. The highest BCUT2D eigenvalue weighted by atomic mass is 35.5. The molecule has 1 heterocycles. The van der Waals surface area contributed by atoms with Crippen LogP contribution in [0.2, 0.25) is 10.0 Å². The molecule has 0 radical (unpaired) electrons. The van der Waals surface area contributed by atoms with E-state index in [2.05, 4.69) is 11.9 Å². The first-order valence-corrected chi connectivity index (χ1v) is 12.9. The predicted molar refractivity (Wildman–Crippen MR) is 153 cm³/mol. The normalized spacial score (nSPS) is 17.9. The number of hydrogen-bond donors (Lipinski definition) is 1. The summed E-state index contributed by atoms with van der Waals surface area (Å²) in [5, 5.41) is 3.82. The summed E-state index contributed by atoms with van der Waals surface area (Å²) in [5.74, 6) is -0.220. The first kappa shape index (κ1) is 26.6. The second kappa shape index (κ2) is 11.3.